The molecule has 0 radical (unpaired) electrons. The minimum atomic E-state index is -0.365. The Morgan fingerprint density at radius 3 is 2.29 bits per heavy atom. The third-order valence-electron chi connectivity index (χ3n) is 6.15. The van der Waals surface area contributed by atoms with E-state index in [1.54, 1.807) is 6.07 Å². The summed E-state index contributed by atoms with van der Waals surface area (Å²) in [6, 6.07) is 21.9. The number of hydrogen-bond acceptors (Lipinski definition) is 4. The molecule has 0 bridgehead atoms. The number of hydrogen-bond donors (Lipinski definition) is 0. The maximum atomic E-state index is 13.4. The van der Waals surface area contributed by atoms with Crippen molar-refractivity contribution in [2.45, 2.75) is 26.9 Å². The molecule has 0 atom stereocenters. The Morgan fingerprint density at radius 1 is 0.912 bits per heavy atom. The summed E-state index contributed by atoms with van der Waals surface area (Å²) < 4.78 is 6.69. The molecule has 0 spiro atoms. The van der Waals surface area contributed by atoms with Crippen LogP contribution in [0.3, 0.4) is 0 Å². The van der Waals surface area contributed by atoms with Crippen molar-refractivity contribution in [2.24, 2.45) is 0 Å². The standard InChI is InChI=1S/C29H30N2O3/c1-19-6-11-24(29(33)34-5)16-27(19)23-12-13-26-25(15-23)14-20(2)31(28(26)32)18-22-9-7-21(8-10-22)17-30(3)4/h6-16H,17-18H2,1-5H3. The molecule has 4 rings (SSSR count). The van der Waals surface area contributed by atoms with Gasteiger partial charge in [0.1, 0.15) is 0 Å². The summed E-state index contributed by atoms with van der Waals surface area (Å²) in [5.74, 6) is -0.365. The van der Waals surface area contributed by atoms with Crippen LogP contribution in [-0.2, 0) is 17.8 Å². The second-order valence-corrected chi connectivity index (χ2v) is 9.05. The van der Waals surface area contributed by atoms with Crippen molar-refractivity contribution in [2.75, 3.05) is 21.2 Å². The second kappa shape index (κ2) is 9.65. The molecule has 0 aliphatic heterocycles. The number of esters is 1. The maximum absolute atomic E-state index is 13.4. The predicted molar refractivity (Wildman–Crippen MR) is 137 cm³/mol. The second-order valence-electron chi connectivity index (χ2n) is 9.05. The van der Waals surface area contributed by atoms with Gasteiger partial charge in [-0.25, -0.2) is 4.79 Å². The number of methoxy groups -OCH3 is 1. The molecular formula is C29H30N2O3. The average molecular weight is 455 g/mol. The van der Waals surface area contributed by atoms with E-state index in [1.807, 2.05) is 48.7 Å². The lowest BCUT2D eigenvalue weighted by atomic mass is 9.96. The summed E-state index contributed by atoms with van der Waals surface area (Å²) >= 11 is 0. The lowest BCUT2D eigenvalue weighted by Gasteiger charge is -2.14. The van der Waals surface area contributed by atoms with E-state index in [4.69, 9.17) is 4.74 Å². The van der Waals surface area contributed by atoms with Gasteiger partial charge in [0.05, 0.1) is 19.2 Å². The lowest BCUT2D eigenvalue weighted by molar-refractivity contribution is 0.0601. The third kappa shape index (κ3) is 4.80. The molecule has 0 saturated carbocycles. The minimum absolute atomic E-state index is 0.000971. The molecule has 34 heavy (non-hydrogen) atoms. The van der Waals surface area contributed by atoms with Gasteiger partial charge in [-0.2, -0.15) is 0 Å². The van der Waals surface area contributed by atoms with Gasteiger partial charge < -0.3 is 14.2 Å². The molecule has 0 saturated heterocycles. The van der Waals surface area contributed by atoms with E-state index in [0.29, 0.717) is 17.5 Å². The Hall–Kier alpha value is -3.70. The van der Waals surface area contributed by atoms with Gasteiger partial charge in [0, 0.05) is 17.6 Å². The fourth-order valence-electron chi connectivity index (χ4n) is 4.33. The van der Waals surface area contributed by atoms with Gasteiger partial charge >= 0.3 is 5.97 Å². The van der Waals surface area contributed by atoms with Crippen molar-refractivity contribution >= 4 is 16.7 Å². The van der Waals surface area contributed by atoms with Gasteiger partial charge in [-0.1, -0.05) is 36.4 Å². The largest absolute Gasteiger partial charge is 0.465 e. The fraction of sp³-hybridized carbons (Fsp3) is 0.241. The highest BCUT2D eigenvalue weighted by Gasteiger charge is 2.12. The number of carbonyl (C=O) groups is 1. The molecule has 0 aliphatic rings. The van der Waals surface area contributed by atoms with Crippen LogP contribution in [-0.4, -0.2) is 36.6 Å². The smallest absolute Gasteiger partial charge is 0.337 e. The quantitative estimate of drug-likeness (QED) is 0.377. The van der Waals surface area contributed by atoms with Gasteiger partial charge in [0.15, 0.2) is 0 Å². The van der Waals surface area contributed by atoms with Crippen LogP contribution < -0.4 is 5.56 Å². The molecule has 174 valence electrons. The monoisotopic (exact) mass is 454 g/mol. The Bertz CT molecular complexity index is 1420. The summed E-state index contributed by atoms with van der Waals surface area (Å²) in [5, 5.41) is 1.57. The summed E-state index contributed by atoms with van der Waals surface area (Å²) in [6.45, 7) is 5.40. The molecule has 1 aromatic heterocycles. The van der Waals surface area contributed by atoms with Crippen LogP contribution in [0, 0.1) is 13.8 Å². The Labute approximate surface area is 200 Å². The van der Waals surface area contributed by atoms with Gasteiger partial charge in [0.2, 0.25) is 0 Å². The van der Waals surface area contributed by atoms with Gasteiger partial charge in [-0.15, -0.1) is 0 Å². The molecule has 0 fully saturated rings. The molecule has 0 unspecified atom stereocenters. The van der Waals surface area contributed by atoms with Crippen molar-refractivity contribution in [1.82, 2.24) is 9.47 Å². The lowest BCUT2D eigenvalue weighted by Crippen LogP contribution is -2.23. The first-order chi connectivity index (χ1) is 16.3. The van der Waals surface area contributed by atoms with Crippen molar-refractivity contribution in [3.05, 3.63) is 105 Å². The number of carbonyl (C=O) groups excluding carboxylic acids is 1. The number of fused-ring (bicyclic) bond motifs is 1. The number of aryl methyl sites for hydroxylation is 2. The summed E-state index contributed by atoms with van der Waals surface area (Å²) in [6.07, 6.45) is 0. The third-order valence-corrected chi connectivity index (χ3v) is 6.15. The van der Waals surface area contributed by atoms with Crippen LogP contribution in [0.4, 0.5) is 0 Å². The van der Waals surface area contributed by atoms with Crippen LogP contribution >= 0.6 is 0 Å². The van der Waals surface area contributed by atoms with Crippen LogP contribution in [0.25, 0.3) is 21.9 Å². The van der Waals surface area contributed by atoms with Gasteiger partial charge in [0.25, 0.3) is 5.56 Å². The van der Waals surface area contributed by atoms with Crippen molar-refractivity contribution in [3.63, 3.8) is 0 Å². The number of ether oxygens (including phenoxy) is 1. The summed E-state index contributed by atoms with van der Waals surface area (Å²) in [5.41, 5.74) is 6.72. The van der Waals surface area contributed by atoms with E-state index in [9.17, 15) is 9.59 Å². The van der Waals surface area contributed by atoms with E-state index >= 15 is 0 Å². The number of rotatable bonds is 6. The first kappa shape index (κ1) is 23.5. The zero-order chi connectivity index (χ0) is 24.4. The van der Waals surface area contributed by atoms with E-state index in [-0.39, 0.29) is 11.5 Å². The first-order valence-electron chi connectivity index (χ1n) is 11.3. The number of benzene rings is 3. The topological polar surface area (TPSA) is 51.5 Å². The van der Waals surface area contributed by atoms with Crippen molar-refractivity contribution in [1.29, 1.82) is 0 Å². The number of nitrogens with zero attached hydrogens (tertiary/aromatic N) is 2. The molecule has 5 nitrogen and oxygen atoms in total. The van der Waals surface area contributed by atoms with E-state index in [2.05, 4.69) is 49.3 Å². The average Bonchev–Trinajstić information content (AvgIpc) is 2.82. The molecule has 3 aromatic carbocycles. The zero-order valence-corrected chi connectivity index (χ0v) is 20.4. The molecule has 1 heterocycles. The Kier molecular flexibility index (Phi) is 6.66. The molecular weight excluding hydrogens is 424 g/mol. The molecule has 5 heteroatoms. The van der Waals surface area contributed by atoms with Crippen LogP contribution in [0.15, 0.2) is 71.5 Å². The minimum Gasteiger partial charge on any atom is -0.465 e. The van der Waals surface area contributed by atoms with Gasteiger partial charge in [-0.3, -0.25) is 4.79 Å². The van der Waals surface area contributed by atoms with Crippen molar-refractivity contribution < 1.29 is 9.53 Å². The number of aromatic nitrogens is 1. The highest BCUT2D eigenvalue weighted by Crippen LogP contribution is 2.28. The van der Waals surface area contributed by atoms with E-state index < -0.39 is 0 Å². The summed E-state index contributed by atoms with van der Waals surface area (Å²) in [4.78, 5) is 27.5. The molecule has 0 aliphatic carbocycles. The Morgan fingerprint density at radius 2 is 1.62 bits per heavy atom. The first-order valence-corrected chi connectivity index (χ1v) is 11.3. The normalized spacial score (nSPS) is 11.2. The highest BCUT2D eigenvalue weighted by atomic mass is 16.5. The zero-order valence-electron chi connectivity index (χ0n) is 20.4. The predicted octanol–water partition coefficient (Wildman–Crippen LogP) is 5.18. The van der Waals surface area contributed by atoms with E-state index in [1.165, 1.54) is 12.7 Å². The van der Waals surface area contributed by atoms with Crippen LogP contribution in [0.2, 0.25) is 0 Å². The SMILES string of the molecule is COC(=O)c1ccc(C)c(-c2ccc3c(=O)n(Cc4ccc(CN(C)C)cc4)c(C)cc3c2)c1. The van der Waals surface area contributed by atoms with Crippen LogP contribution in [0.5, 0.6) is 0 Å². The fourth-order valence-corrected chi connectivity index (χ4v) is 4.33. The van der Waals surface area contributed by atoms with E-state index in [0.717, 1.165) is 39.9 Å². The van der Waals surface area contributed by atoms with Gasteiger partial charge in [-0.05, 0) is 91.5 Å². The highest BCUT2D eigenvalue weighted by molar-refractivity contribution is 5.93. The summed E-state index contributed by atoms with van der Waals surface area (Å²) in [7, 11) is 5.48. The van der Waals surface area contributed by atoms with Crippen molar-refractivity contribution in [3.8, 4) is 11.1 Å². The molecule has 0 N–H and O–H groups in total. The molecule has 0 amide bonds. The maximum Gasteiger partial charge on any atom is 0.337 e. The number of pyridine rings is 1. The Balaban J connectivity index is 1.70. The molecule has 4 aromatic rings. The van der Waals surface area contributed by atoms with Crippen LogP contribution in [0.1, 0.15) is 32.7 Å².